The van der Waals surface area contributed by atoms with Crippen molar-refractivity contribution in [3.05, 3.63) is 200 Å². The highest BCUT2D eigenvalue weighted by Crippen LogP contribution is 2.45. The van der Waals surface area contributed by atoms with E-state index in [-0.39, 0.29) is 11.1 Å². The van der Waals surface area contributed by atoms with E-state index >= 15 is 0 Å². The van der Waals surface area contributed by atoms with Crippen molar-refractivity contribution in [2.45, 2.75) is 0 Å². The zero-order valence-electron chi connectivity index (χ0n) is 44.1. The number of thiophene rings is 1. The van der Waals surface area contributed by atoms with Crippen molar-refractivity contribution >= 4 is 59.3 Å². The van der Waals surface area contributed by atoms with Crippen LogP contribution in [0.4, 0.5) is 17.1 Å². The van der Waals surface area contributed by atoms with Crippen LogP contribution in [0.5, 0.6) is 0 Å². The van der Waals surface area contributed by atoms with E-state index in [1.54, 1.807) is 12.1 Å². The van der Waals surface area contributed by atoms with Crippen molar-refractivity contribution in [2.24, 2.45) is 0 Å². The van der Waals surface area contributed by atoms with Gasteiger partial charge < -0.3 is 4.90 Å². The minimum atomic E-state index is -0.914. The van der Waals surface area contributed by atoms with Crippen LogP contribution in [0, 0.1) is 0 Å². The molecule has 0 bridgehead atoms. The van der Waals surface area contributed by atoms with E-state index in [0.29, 0.717) is 37.8 Å². The molecule has 8 aromatic carbocycles. The molecule has 0 atom stereocenters. The first-order chi connectivity index (χ1) is 33.4. The fourth-order valence-corrected chi connectivity index (χ4v) is 7.66. The second-order valence-corrected chi connectivity index (χ2v) is 13.2. The molecule has 0 spiro atoms. The van der Waals surface area contributed by atoms with Crippen LogP contribution in [0.15, 0.2) is 200 Å². The first kappa shape index (κ1) is 19.3. The maximum absolute atomic E-state index is 9.68. The fraction of sp³-hybridized carbons (Fsp3) is 0. The van der Waals surface area contributed by atoms with Crippen LogP contribution < -0.4 is 4.90 Å². The summed E-state index contributed by atoms with van der Waals surface area (Å²) in [6.07, 6.45) is 0. The largest absolute Gasteiger partial charge is 0.310 e. The minimum Gasteiger partial charge on any atom is -0.310 e. The second-order valence-electron chi connectivity index (χ2n) is 12.2. The van der Waals surface area contributed by atoms with Crippen LogP contribution in [-0.4, -0.2) is 9.97 Å². The molecule has 0 N–H and O–H groups in total. The summed E-state index contributed by atoms with van der Waals surface area (Å²) in [5.41, 5.74) is 1.47. The van der Waals surface area contributed by atoms with Gasteiger partial charge in [-0.3, -0.25) is 0 Å². The van der Waals surface area contributed by atoms with Crippen molar-refractivity contribution in [1.82, 2.24) is 9.97 Å². The van der Waals surface area contributed by atoms with Crippen LogP contribution in [0.25, 0.3) is 76.0 Å². The molecule has 2 heterocycles. The summed E-state index contributed by atoms with van der Waals surface area (Å²) in [7, 11) is 0. The van der Waals surface area contributed by atoms with E-state index in [1.165, 1.54) is 11.3 Å². The SMILES string of the molecule is [2H]c1c([2H])c([2H])c(N(c2c([2H])c([2H])c(-c3ccc(-c4nc(-c5ccccc5)cc(-c5ccccc5)n4)c4sc5ccccc5c34)c([2H])c2[2H])c2c([2H])c([2H])c3c([2H])c([2H])c([2H])c([2H])c3c2[2H])c([2H])c1[2H]. The third-order valence-corrected chi connectivity index (χ3v) is 10.1. The Balaban J connectivity index is 1.27. The number of rotatable bonds is 7. The Kier molecular flexibility index (Phi) is 4.85. The van der Waals surface area contributed by atoms with Crippen LogP contribution in [0.2, 0.25) is 0 Å². The molecule has 0 amide bonds. The topological polar surface area (TPSA) is 29.0 Å². The van der Waals surface area contributed by atoms with Gasteiger partial charge in [-0.15, -0.1) is 11.3 Å². The smallest absolute Gasteiger partial charge is 0.161 e. The van der Waals surface area contributed by atoms with Crippen LogP contribution in [0.1, 0.15) is 21.9 Å². The number of hydrogen-bond acceptors (Lipinski definition) is 4. The Morgan fingerprint density at radius 1 is 0.481 bits per heavy atom. The van der Waals surface area contributed by atoms with E-state index in [9.17, 15) is 8.22 Å². The molecule has 254 valence electrons. The van der Waals surface area contributed by atoms with Gasteiger partial charge in [-0.05, 0) is 76.4 Å². The first-order valence-corrected chi connectivity index (χ1v) is 17.7. The van der Waals surface area contributed by atoms with Gasteiger partial charge in [0.05, 0.1) is 33.3 Å². The number of aromatic nitrogens is 2. The van der Waals surface area contributed by atoms with Crippen molar-refractivity contribution in [3.63, 3.8) is 0 Å². The molecule has 0 saturated heterocycles. The van der Waals surface area contributed by atoms with Crippen molar-refractivity contribution in [3.8, 4) is 45.0 Å². The predicted octanol–water partition coefficient (Wildman–Crippen LogP) is 14.1. The third kappa shape index (κ3) is 5.79. The lowest BCUT2D eigenvalue weighted by Crippen LogP contribution is -2.09. The number of hydrogen-bond donors (Lipinski definition) is 0. The van der Waals surface area contributed by atoms with Gasteiger partial charge in [0.25, 0.3) is 0 Å². The highest BCUT2D eigenvalue weighted by Gasteiger charge is 2.20. The number of nitrogens with zero attached hydrogens (tertiary/aromatic N) is 3. The summed E-state index contributed by atoms with van der Waals surface area (Å²) in [6, 6.07) is 19.3. The highest BCUT2D eigenvalue weighted by molar-refractivity contribution is 7.26. The van der Waals surface area contributed by atoms with E-state index in [1.807, 2.05) is 91.0 Å². The van der Waals surface area contributed by atoms with Gasteiger partial charge in [0.1, 0.15) is 0 Å². The first-order valence-electron chi connectivity index (χ1n) is 24.9. The van der Waals surface area contributed by atoms with Gasteiger partial charge in [0, 0.05) is 53.9 Å². The molecule has 10 rings (SSSR count). The summed E-state index contributed by atoms with van der Waals surface area (Å²) in [4.78, 5) is 10.8. The fourth-order valence-electron chi connectivity index (χ4n) is 6.42. The van der Waals surface area contributed by atoms with E-state index < -0.39 is 125 Å². The second kappa shape index (κ2) is 13.6. The lowest BCUT2D eigenvalue weighted by atomic mass is 9.96. The maximum Gasteiger partial charge on any atom is 0.161 e. The lowest BCUT2D eigenvalue weighted by molar-refractivity contribution is 1.19. The molecule has 10 aromatic rings. The number of anilines is 3. The minimum absolute atomic E-state index is 0.171. The molecular formula is C50H33N3S. The standard InChI is InChI=1S/C50H33N3S/c1-4-15-36(16-5-1)45-33-46(37-17-6-2-7-18-37)52-50(51-45)44-31-30-42(48-43-22-12-13-23-47(43)54-49(44)48)35-25-27-40(28-26-35)53(39-20-8-3-9-21-39)41-29-24-34-14-10-11-19-38(34)32-41/h1-33H/i3D,8D,9D,10D,11D,14D,19D,20D,21D,24D,25D,26D,27D,28D,29D,32D. The maximum atomic E-state index is 9.68. The van der Waals surface area contributed by atoms with E-state index in [4.69, 9.17) is 23.7 Å². The molecule has 0 aliphatic carbocycles. The molecule has 0 aliphatic heterocycles. The van der Waals surface area contributed by atoms with Gasteiger partial charge in [-0.1, -0.05) is 145 Å². The molecule has 4 heteroatoms. The lowest BCUT2D eigenvalue weighted by Gasteiger charge is -2.26. The summed E-state index contributed by atoms with van der Waals surface area (Å²) >= 11 is 1.42. The van der Waals surface area contributed by atoms with Crippen LogP contribution >= 0.6 is 11.3 Å². The molecular weight excluding hydrogens is 675 g/mol. The Morgan fingerprint density at radius 2 is 1.07 bits per heavy atom. The normalized spacial score (nSPS) is 15.5. The molecule has 2 aromatic heterocycles. The van der Waals surface area contributed by atoms with Gasteiger partial charge in [-0.25, -0.2) is 9.97 Å². The molecule has 0 fully saturated rings. The van der Waals surface area contributed by atoms with Crippen LogP contribution in [-0.2, 0) is 0 Å². The summed E-state index contributed by atoms with van der Waals surface area (Å²) < 4.78 is 145. The quantitative estimate of drug-likeness (QED) is 0.164. The van der Waals surface area contributed by atoms with Gasteiger partial charge in [0.2, 0.25) is 0 Å². The zero-order valence-corrected chi connectivity index (χ0v) is 28.9. The Bertz CT molecular complexity index is 3750. The van der Waals surface area contributed by atoms with Crippen molar-refractivity contribution in [2.75, 3.05) is 4.90 Å². The van der Waals surface area contributed by atoms with Gasteiger partial charge >= 0.3 is 0 Å². The predicted molar refractivity (Wildman–Crippen MR) is 229 cm³/mol. The summed E-state index contributed by atoms with van der Waals surface area (Å²) in [5, 5.41) is 0.246. The molecule has 0 unspecified atom stereocenters. The molecule has 54 heavy (non-hydrogen) atoms. The monoisotopic (exact) mass is 723 g/mol. The summed E-state index contributed by atoms with van der Waals surface area (Å²) in [6.45, 7) is 0. The average Bonchev–Trinajstić information content (AvgIpc) is 3.77. The summed E-state index contributed by atoms with van der Waals surface area (Å²) in [5.74, 6) is 0.388. The molecule has 3 nitrogen and oxygen atoms in total. The molecule has 0 saturated carbocycles. The number of para-hydroxylation sites is 1. The Hall–Kier alpha value is -6.88. The third-order valence-electron chi connectivity index (χ3n) is 8.91. The van der Waals surface area contributed by atoms with E-state index in [2.05, 4.69) is 0 Å². The van der Waals surface area contributed by atoms with Crippen molar-refractivity contribution < 1.29 is 21.9 Å². The average molecular weight is 724 g/mol. The Labute approximate surface area is 340 Å². The van der Waals surface area contributed by atoms with Gasteiger partial charge in [0.15, 0.2) is 5.82 Å². The molecule has 0 aliphatic rings. The zero-order chi connectivity index (χ0) is 49.8. The van der Waals surface area contributed by atoms with Gasteiger partial charge in [-0.2, -0.15) is 0 Å². The highest BCUT2D eigenvalue weighted by atomic mass is 32.1. The Morgan fingerprint density at radius 3 is 1.80 bits per heavy atom. The number of benzene rings is 8. The van der Waals surface area contributed by atoms with E-state index in [0.717, 1.165) is 21.2 Å². The molecule has 0 radical (unpaired) electrons. The number of fused-ring (bicyclic) bond motifs is 4. The van der Waals surface area contributed by atoms with Crippen molar-refractivity contribution in [1.29, 1.82) is 0 Å². The van der Waals surface area contributed by atoms with Crippen LogP contribution in [0.3, 0.4) is 0 Å².